The largest absolute Gasteiger partial charge is 0.379 e. The molecule has 0 spiro atoms. The van der Waals surface area contributed by atoms with Crippen LogP contribution in [-0.2, 0) is 14.3 Å². The third-order valence-corrected chi connectivity index (χ3v) is 6.29. The zero-order valence-electron chi connectivity index (χ0n) is 17.1. The van der Waals surface area contributed by atoms with Gasteiger partial charge in [0.25, 0.3) is 0 Å². The molecule has 1 aromatic heterocycles. The maximum Gasteiger partial charge on any atom is 0.244 e. The Morgan fingerprint density at radius 3 is 2.55 bits per heavy atom. The summed E-state index contributed by atoms with van der Waals surface area (Å²) in [5, 5.41) is 3.06. The SMILES string of the molecule is O=C(CCC1CCN(C(=O)C(c2cccnc2)N2CCOCC2)CC1)NC1CC1. The lowest BCUT2D eigenvalue weighted by Crippen LogP contribution is -2.49. The average Bonchev–Trinajstić information content (AvgIpc) is 3.58. The van der Waals surface area contributed by atoms with E-state index >= 15 is 0 Å². The van der Waals surface area contributed by atoms with Crippen molar-refractivity contribution < 1.29 is 14.3 Å². The summed E-state index contributed by atoms with van der Waals surface area (Å²) in [5.41, 5.74) is 0.957. The number of hydrogen-bond donors (Lipinski definition) is 1. The van der Waals surface area contributed by atoms with E-state index in [2.05, 4.69) is 15.2 Å². The fourth-order valence-corrected chi connectivity index (χ4v) is 4.36. The second-order valence-corrected chi connectivity index (χ2v) is 8.49. The Bertz CT molecular complexity index is 681. The molecule has 7 nitrogen and oxygen atoms in total. The lowest BCUT2D eigenvalue weighted by Gasteiger charge is -2.39. The first-order valence-corrected chi connectivity index (χ1v) is 11.0. The van der Waals surface area contributed by atoms with Gasteiger partial charge in [0.05, 0.1) is 13.2 Å². The van der Waals surface area contributed by atoms with Gasteiger partial charge in [-0.3, -0.25) is 19.5 Å². The van der Waals surface area contributed by atoms with E-state index in [1.807, 2.05) is 23.2 Å². The van der Waals surface area contributed by atoms with Gasteiger partial charge >= 0.3 is 0 Å². The summed E-state index contributed by atoms with van der Waals surface area (Å²) in [4.78, 5) is 33.8. The molecule has 1 N–H and O–H groups in total. The van der Waals surface area contributed by atoms with E-state index in [9.17, 15) is 9.59 Å². The van der Waals surface area contributed by atoms with Crippen LogP contribution in [0.4, 0.5) is 0 Å². The number of ether oxygens (including phenoxy) is 1. The number of morpholine rings is 1. The number of aromatic nitrogens is 1. The highest BCUT2D eigenvalue weighted by atomic mass is 16.5. The molecule has 3 fully saturated rings. The van der Waals surface area contributed by atoms with Crippen LogP contribution in [0.5, 0.6) is 0 Å². The van der Waals surface area contributed by atoms with Crippen molar-refractivity contribution in [3.05, 3.63) is 30.1 Å². The van der Waals surface area contributed by atoms with Crippen molar-refractivity contribution in [2.24, 2.45) is 5.92 Å². The zero-order chi connectivity index (χ0) is 20.1. The van der Waals surface area contributed by atoms with Crippen LogP contribution in [0.1, 0.15) is 50.1 Å². The number of hydrogen-bond acceptors (Lipinski definition) is 5. The summed E-state index contributed by atoms with van der Waals surface area (Å²) in [6.07, 6.45) is 9.31. The Labute approximate surface area is 172 Å². The predicted molar refractivity (Wildman–Crippen MR) is 109 cm³/mol. The van der Waals surface area contributed by atoms with Gasteiger partial charge in [-0.1, -0.05) is 6.07 Å². The van der Waals surface area contributed by atoms with Crippen LogP contribution < -0.4 is 5.32 Å². The molecule has 1 atom stereocenters. The van der Waals surface area contributed by atoms with Gasteiger partial charge in [-0.05, 0) is 49.7 Å². The van der Waals surface area contributed by atoms with Crippen molar-refractivity contribution in [2.75, 3.05) is 39.4 Å². The third kappa shape index (κ3) is 5.54. The number of nitrogens with one attached hydrogen (secondary N) is 1. The molecule has 3 heterocycles. The summed E-state index contributed by atoms with van der Waals surface area (Å²) in [6.45, 7) is 4.39. The lowest BCUT2D eigenvalue weighted by molar-refractivity contribution is -0.140. The minimum absolute atomic E-state index is 0.171. The molecule has 1 saturated carbocycles. The predicted octanol–water partition coefficient (Wildman–Crippen LogP) is 1.75. The van der Waals surface area contributed by atoms with E-state index < -0.39 is 0 Å². The molecule has 7 heteroatoms. The van der Waals surface area contributed by atoms with E-state index in [-0.39, 0.29) is 17.9 Å². The van der Waals surface area contributed by atoms with Gasteiger partial charge in [0, 0.05) is 51.0 Å². The Balaban J connectivity index is 1.31. The van der Waals surface area contributed by atoms with Gasteiger partial charge in [-0.25, -0.2) is 0 Å². The first-order valence-electron chi connectivity index (χ1n) is 11.0. The quantitative estimate of drug-likeness (QED) is 0.755. The smallest absolute Gasteiger partial charge is 0.244 e. The molecule has 1 aliphatic carbocycles. The zero-order valence-corrected chi connectivity index (χ0v) is 17.1. The third-order valence-electron chi connectivity index (χ3n) is 6.29. The number of carbonyl (C=O) groups is 2. The molecular weight excluding hydrogens is 368 g/mol. The fraction of sp³-hybridized carbons (Fsp3) is 0.682. The lowest BCUT2D eigenvalue weighted by atomic mass is 9.91. The van der Waals surface area contributed by atoms with Crippen molar-refractivity contribution in [1.82, 2.24) is 20.1 Å². The topological polar surface area (TPSA) is 74.8 Å². The molecule has 0 bridgehead atoms. The number of likely N-dealkylation sites (tertiary alicyclic amines) is 1. The van der Waals surface area contributed by atoms with Crippen LogP contribution in [0.3, 0.4) is 0 Å². The fourth-order valence-electron chi connectivity index (χ4n) is 4.36. The summed E-state index contributed by atoms with van der Waals surface area (Å²) in [5.74, 6) is 0.893. The molecular formula is C22H32N4O3. The molecule has 1 aromatic rings. The molecule has 29 heavy (non-hydrogen) atoms. The Kier molecular flexibility index (Phi) is 6.77. The number of pyridine rings is 1. The van der Waals surface area contributed by atoms with Crippen LogP contribution in [0.2, 0.25) is 0 Å². The minimum atomic E-state index is -0.284. The standard InChI is InChI=1S/C22H32N4O3/c27-20(24-19-4-5-19)6-3-17-7-10-26(11-8-17)22(28)21(18-2-1-9-23-16-18)25-12-14-29-15-13-25/h1-2,9,16-17,19,21H,3-8,10-15H2,(H,24,27). The first kappa shape index (κ1) is 20.3. The van der Waals surface area contributed by atoms with Crippen LogP contribution >= 0.6 is 0 Å². The number of rotatable bonds is 7. The number of nitrogens with zero attached hydrogens (tertiary/aromatic N) is 3. The van der Waals surface area contributed by atoms with Crippen LogP contribution in [0.15, 0.2) is 24.5 Å². The molecule has 1 unspecified atom stereocenters. The van der Waals surface area contributed by atoms with Gasteiger partial charge in [-0.15, -0.1) is 0 Å². The maximum atomic E-state index is 13.5. The Hall–Kier alpha value is -1.99. The highest BCUT2D eigenvalue weighted by Gasteiger charge is 2.34. The monoisotopic (exact) mass is 400 g/mol. The summed E-state index contributed by atoms with van der Waals surface area (Å²) >= 11 is 0. The molecule has 2 saturated heterocycles. The molecule has 3 aliphatic rings. The molecule has 4 rings (SSSR count). The van der Waals surface area contributed by atoms with Gasteiger partial charge in [0.2, 0.25) is 11.8 Å². The van der Waals surface area contributed by atoms with E-state index in [0.29, 0.717) is 31.6 Å². The second-order valence-electron chi connectivity index (χ2n) is 8.49. The number of amides is 2. The molecule has 2 amide bonds. The molecule has 0 aromatic carbocycles. The Morgan fingerprint density at radius 2 is 1.90 bits per heavy atom. The van der Waals surface area contributed by atoms with E-state index in [0.717, 1.165) is 63.8 Å². The van der Waals surface area contributed by atoms with E-state index in [1.54, 1.807) is 6.20 Å². The van der Waals surface area contributed by atoms with Crippen LogP contribution in [-0.4, -0.2) is 72.0 Å². The van der Waals surface area contributed by atoms with Gasteiger partial charge in [0.1, 0.15) is 6.04 Å². The molecule has 2 aliphatic heterocycles. The Morgan fingerprint density at radius 1 is 1.14 bits per heavy atom. The molecule has 158 valence electrons. The van der Waals surface area contributed by atoms with Gasteiger partial charge < -0.3 is 15.0 Å². The van der Waals surface area contributed by atoms with E-state index in [4.69, 9.17) is 4.74 Å². The van der Waals surface area contributed by atoms with Crippen molar-refractivity contribution in [3.8, 4) is 0 Å². The van der Waals surface area contributed by atoms with Crippen molar-refractivity contribution in [3.63, 3.8) is 0 Å². The molecule has 0 radical (unpaired) electrons. The summed E-state index contributed by atoms with van der Waals surface area (Å²) in [7, 11) is 0. The average molecular weight is 401 g/mol. The van der Waals surface area contributed by atoms with Gasteiger partial charge in [-0.2, -0.15) is 0 Å². The van der Waals surface area contributed by atoms with Crippen LogP contribution in [0, 0.1) is 5.92 Å². The maximum absolute atomic E-state index is 13.5. The minimum Gasteiger partial charge on any atom is -0.379 e. The van der Waals surface area contributed by atoms with E-state index in [1.165, 1.54) is 0 Å². The number of carbonyl (C=O) groups excluding carboxylic acids is 2. The van der Waals surface area contributed by atoms with Gasteiger partial charge in [0.15, 0.2) is 0 Å². The summed E-state index contributed by atoms with van der Waals surface area (Å²) < 4.78 is 5.48. The van der Waals surface area contributed by atoms with Crippen molar-refractivity contribution in [2.45, 2.75) is 50.6 Å². The summed E-state index contributed by atoms with van der Waals surface area (Å²) in [6, 6.07) is 4.05. The van der Waals surface area contributed by atoms with Crippen molar-refractivity contribution >= 4 is 11.8 Å². The highest BCUT2D eigenvalue weighted by molar-refractivity contribution is 5.83. The first-order chi connectivity index (χ1) is 14.2. The van der Waals surface area contributed by atoms with Crippen LogP contribution in [0.25, 0.3) is 0 Å². The highest BCUT2D eigenvalue weighted by Crippen LogP contribution is 2.28. The normalized spacial score (nSPS) is 22.3. The van der Waals surface area contributed by atoms with Crippen molar-refractivity contribution in [1.29, 1.82) is 0 Å². The second kappa shape index (κ2) is 9.67. The number of piperidine rings is 1.